The second kappa shape index (κ2) is 9.79. The third-order valence-electron chi connectivity index (χ3n) is 5.82. The minimum absolute atomic E-state index is 0.0295. The highest BCUT2D eigenvalue weighted by molar-refractivity contribution is 5.46. The Bertz CT molecular complexity index is 1050. The van der Waals surface area contributed by atoms with Crippen LogP contribution < -0.4 is 10.5 Å². The molecule has 6 heteroatoms. The number of allylic oxidation sites excluding steroid dienone is 1. The van der Waals surface area contributed by atoms with Gasteiger partial charge in [0.15, 0.2) is 0 Å². The summed E-state index contributed by atoms with van der Waals surface area (Å²) in [5.74, 6) is -0.200. The van der Waals surface area contributed by atoms with Crippen LogP contribution in [0, 0.1) is 5.82 Å². The maximum atomic E-state index is 13.1. The standard InChI is InChI=1S/C25H29FN4O/c1-2-7-24-20-25(31)29(30(24)23-8-4-3-5-9-23)15-6-14-27-16-18-28(19-17-27)22-12-10-21(26)11-13-22/h2-5,8-13,20H,1,6-7,14-19H2. The van der Waals surface area contributed by atoms with Crippen molar-refractivity contribution in [1.29, 1.82) is 0 Å². The average Bonchev–Trinajstić information content (AvgIpc) is 3.10. The van der Waals surface area contributed by atoms with Crippen LogP contribution in [0.3, 0.4) is 0 Å². The first-order valence-corrected chi connectivity index (χ1v) is 10.9. The Hall–Kier alpha value is -3.12. The van der Waals surface area contributed by atoms with Crippen molar-refractivity contribution in [2.45, 2.75) is 19.4 Å². The van der Waals surface area contributed by atoms with E-state index in [4.69, 9.17) is 0 Å². The maximum absolute atomic E-state index is 13.1. The van der Waals surface area contributed by atoms with Gasteiger partial charge in [-0.15, -0.1) is 6.58 Å². The van der Waals surface area contributed by atoms with Crippen LogP contribution in [0.5, 0.6) is 0 Å². The van der Waals surface area contributed by atoms with Gasteiger partial charge in [-0.3, -0.25) is 14.4 Å². The van der Waals surface area contributed by atoms with Crippen molar-refractivity contribution < 1.29 is 4.39 Å². The van der Waals surface area contributed by atoms with Crippen molar-refractivity contribution in [3.63, 3.8) is 0 Å². The summed E-state index contributed by atoms with van der Waals surface area (Å²) in [4.78, 5) is 17.4. The van der Waals surface area contributed by atoms with Crippen LogP contribution in [-0.4, -0.2) is 47.0 Å². The summed E-state index contributed by atoms with van der Waals surface area (Å²) >= 11 is 0. The van der Waals surface area contributed by atoms with Crippen LogP contribution in [0.2, 0.25) is 0 Å². The number of anilines is 1. The van der Waals surface area contributed by atoms with E-state index in [1.54, 1.807) is 6.07 Å². The summed E-state index contributed by atoms with van der Waals surface area (Å²) in [6.45, 7) is 9.23. The Kier molecular flexibility index (Phi) is 6.67. The molecule has 0 spiro atoms. The molecule has 1 fully saturated rings. The van der Waals surface area contributed by atoms with Crippen LogP contribution >= 0.6 is 0 Å². The molecule has 4 rings (SSSR count). The molecule has 1 aromatic heterocycles. The number of rotatable bonds is 8. The first-order chi connectivity index (χ1) is 15.2. The van der Waals surface area contributed by atoms with Crippen molar-refractivity contribution in [2.24, 2.45) is 0 Å². The quantitative estimate of drug-likeness (QED) is 0.521. The van der Waals surface area contributed by atoms with Gasteiger partial charge >= 0.3 is 0 Å². The van der Waals surface area contributed by atoms with Crippen LogP contribution in [-0.2, 0) is 13.0 Å². The Balaban J connectivity index is 1.36. The fraction of sp³-hybridized carbons (Fsp3) is 0.320. The molecule has 0 amide bonds. The lowest BCUT2D eigenvalue weighted by molar-refractivity contribution is 0.247. The summed E-state index contributed by atoms with van der Waals surface area (Å²) in [6, 6.07) is 18.4. The van der Waals surface area contributed by atoms with E-state index in [2.05, 4.69) is 16.4 Å². The number of aromatic nitrogens is 2. The molecule has 0 N–H and O–H groups in total. The van der Waals surface area contributed by atoms with E-state index in [1.807, 2.05) is 57.9 Å². The number of nitrogens with zero attached hydrogens (tertiary/aromatic N) is 4. The van der Waals surface area contributed by atoms with E-state index in [0.29, 0.717) is 13.0 Å². The predicted octanol–water partition coefficient (Wildman–Crippen LogP) is 3.72. The van der Waals surface area contributed by atoms with Gasteiger partial charge in [0, 0.05) is 57.4 Å². The number of halogens is 1. The fourth-order valence-electron chi connectivity index (χ4n) is 4.24. The van der Waals surface area contributed by atoms with E-state index in [1.165, 1.54) is 12.1 Å². The van der Waals surface area contributed by atoms with E-state index >= 15 is 0 Å². The van der Waals surface area contributed by atoms with Crippen molar-refractivity contribution >= 4 is 5.69 Å². The van der Waals surface area contributed by atoms with Crippen molar-refractivity contribution in [3.05, 3.63) is 95.2 Å². The summed E-state index contributed by atoms with van der Waals surface area (Å²) in [7, 11) is 0. The van der Waals surface area contributed by atoms with Gasteiger partial charge in [-0.2, -0.15) is 0 Å². The number of para-hydroxylation sites is 1. The van der Waals surface area contributed by atoms with Crippen LogP contribution in [0.25, 0.3) is 5.69 Å². The van der Waals surface area contributed by atoms with Crippen LogP contribution in [0.1, 0.15) is 12.1 Å². The smallest absolute Gasteiger partial charge is 0.267 e. The lowest BCUT2D eigenvalue weighted by atomic mass is 10.2. The fourth-order valence-corrected chi connectivity index (χ4v) is 4.24. The van der Waals surface area contributed by atoms with Gasteiger partial charge in [-0.25, -0.2) is 9.07 Å². The largest absolute Gasteiger partial charge is 0.369 e. The lowest BCUT2D eigenvalue weighted by Gasteiger charge is -2.36. The third-order valence-corrected chi connectivity index (χ3v) is 5.82. The molecule has 1 saturated heterocycles. The highest BCUT2D eigenvalue weighted by Gasteiger charge is 2.18. The SMILES string of the molecule is C=CCc1cc(=O)n(CCCN2CCN(c3ccc(F)cc3)CC2)n1-c1ccccc1. The lowest BCUT2D eigenvalue weighted by Crippen LogP contribution is -2.46. The topological polar surface area (TPSA) is 33.4 Å². The zero-order valence-corrected chi connectivity index (χ0v) is 17.8. The van der Waals surface area contributed by atoms with Gasteiger partial charge in [-0.05, 0) is 42.8 Å². The molecule has 31 heavy (non-hydrogen) atoms. The Labute approximate surface area is 182 Å². The van der Waals surface area contributed by atoms with E-state index in [-0.39, 0.29) is 11.4 Å². The monoisotopic (exact) mass is 420 g/mol. The molecule has 0 atom stereocenters. The average molecular weight is 421 g/mol. The third kappa shape index (κ3) is 4.97. The van der Waals surface area contributed by atoms with E-state index in [9.17, 15) is 9.18 Å². The molecule has 5 nitrogen and oxygen atoms in total. The predicted molar refractivity (Wildman–Crippen MR) is 124 cm³/mol. The summed E-state index contributed by atoms with van der Waals surface area (Å²) in [5, 5.41) is 0. The highest BCUT2D eigenvalue weighted by atomic mass is 19.1. The van der Waals surface area contributed by atoms with E-state index in [0.717, 1.165) is 56.2 Å². The Morgan fingerprint density at radius 1 is 0.903 bits per heavy atom. The first kappa shape index (κ1) is 21.1. The molecule has 0 unspecified atom stereocenters. The molecular weight excluding hydrogens is 391 g/mol. The normalized spacial score (nSPS) is 14.7. The number of hydrogen-bond donors (Lipinski definition) is 0. The van der Waals surface area contributed by atoms with E-state index < -0.39 is 0 Å². The van der Waals surface area contributed by atoms with Crippen molar-refractivity contribution in [1.82, 2.24) is 14.3 Å². The molecular formula is C25H29FN4O. The number of piperazine rings is 1. The molecule has 0 saturated carbocycles. The molecule has 2 heterocycles. The molecule has 0 radical (unpaired) electrons. The van der Waals surface area contributed by atoms with Crippen molar-refractivity contribution in [2.75, 3.05) is 37.6 Å². The number of benzene rings is 2. The highest BCUT2D eigenvalue weighted by Crippen LogP contribution is 2.17. The summed E-state index contributed by atoms with van der Waals surface area (Å²) < 4.78 is 17.0. The molecule has 1 aliphatic heterocycles. The zero-order valence-electron chi connectivity index (χ0n) is 17.8. The second-order valence-electron chi connectivity index (χ2n) is 7.90. The van der Waals surface area contributed by atoms with Gasteiger partial charge in [0.25, 0.3) is 5.56 Å². The van der Waals surface area contributed by atoms with Crippen molar-refractivity contribution in [3.8, 4) is 5.69 Å². The molecule has 3 aromatic rings. The van der Waals surface area contributed by atoms with Gasteiger partial charge in [0.1, 0.15) is 5.82 Å². The molecule has 162 valence electrons. The minimum atomic E-state index is -0.200. The summed E-state index contributed by atoms with van der Waals surface area (Å²) in [5.41, 5.74) is 3.05. The zero-order chi connectivity index (χ0) is 21.6. The number of hydrogen-bond acceptors (Lipinski definition) is 3. The van der Waals surface area contributed by atoms with Crippen LogP contribution in [0.15, 0.2) is 78.1 Å². The Morgan fingerprint density at radius 3 is 2.29 bits per heavy atom. The van der Waals surface area contributed by atoms with Crippen LogP contribution in [0.4, 0.5) is 10.1 Å². The second-order valence-corrected chi connectivity index (χ2v) is 7.90. The van der Waals surface area contributed by atoms with Gasteiger partial charge in [0.05, 0.1) is 11.4 Å². The first-order valence-electron chi connectivity index (χ1n) is 10.9. The maximum Gasteiger partial charge on any atom is 0.267 e. The molecule has 0 aliphatic carbocycles. The van der Waals surface area contributed by atoms with Gasteiger partial charge < -0.3 is 4.90 Å². The Morgan fingerprint density at radius 2 is 1.61 bits per heavy atom. The molecule has 2 aromatic carbocycles. The minimum Gasteiger partial charge on any atom is -0.369 e. The van der Waals surface area contributed by atoms with Gasteiger partial charge in [0.2, 0.25) is 0 Å². The summed E-state index contributed by atoms with van der Waals surface area (Å²) in [6.07, 6.45) is 3.39. The molecule has 0 bridgehead atoms. The molecule has 1 aliphatic rings. The van der Waals surface area contributed by atoms with Gasteiger partial charge in [-0.1, -0.05) is 24.3 Å².